The molecule has 0 spiro atoms. The molecule has 2 N–H and O–H groups in total. The first-order chi connectivity index (χ1) is 12.7. The fourth-order valence-corrected chi connectivity index (χ4v) is 7.02. The van der Waals surface area contributed by atoms with Crippen molar-refractivity contribution in [3.63, 3.8) is 0 Å². The maximum absolute atomic E-state index is 12.3. The van der Waals surface area contributed by atoms with E-state index in [2.05, 4.69) is 6.26 Å². The van der Waals surface area contributed by atoms with E-state index >= 15 is 0 Å². The molecule has 0 bridgehead atoms. The molecule has 2 heterocycles. The maximum Gasteiger partial charge on any atom is 0.353 e. The lowest BCUT2D eigenvalue weighted by Gasteiger charge is -2.46. The van der Waals surface area contributed by atoms with Gasteiger partial charge in [-0.25, -0.2) is 4.79 Å². The number of aliphatic hydroxyl groups is 1. The van der Waals surface area contributed by atoms with Gasteiger partial charge in [-0.1, -0.05) is 18.5 Å². The third-order valence-corrected chi connectivity index (χ3v) is 8.86. The fourth-order valence-electron chi connectivity index (χ4n) is 3.78. The molecule has 27 heavy (non-hydrogen) atoms. The number of carboxylic acid groups (broad SMARTS) is 1. The van der Waals surface area contributed by atoms with Crippen molar-refractivity contribution in [1.82, 2.24) is 4.90 Å². The molecule has 4 unspecified atom stereocenters. The monoisotopic (exact) mass is 428 g/mol. The first-order valence-electron chi connectivity index (χ1n) is 8.73. The largest absolute Gasteiger partial charge is 0.477 e. The first-order valence-corrected chi connectivity index (χ1v) is 11.9. The number of hydrogen-bond acceptors (Lipinski definition) is 4. The summed E-state index contributed by atoms with van der Waals surface area (Å²) in [6, 6.07) is 7.55. The van der Waals surface area contributed by atoms with Crippen LogP contribution in [-0.4, -0.2) is 56.9 Å². The van der Waals surface area contributed by atoms with Crippen LogP contribution >= 0.6 is 23.4 Å². The smallest absolute Gasteiger partial charge is 0.353 e. The van der Waals surface area contributed by atoms with Gasteiger partial charge in [0.05, 0.1) is 18.1 Å². The highest BCUT2D eigenvalue weighted by Gasteiger charge is 2.59. The Balaban J connectivity index is 1.69. The Morgan fingerprint density at radius 3 is 2.56 bits per heavy atom. The molecule has 1 aromatic carbocycles. The van der Waals surface area contributed by atoms with Crippen molar-refractivity contribution in [1.29, 1.82) is 0 Å². The van der Waals surface area contributed by atoms with Gasteiger partial charge in [0.1, 0.15) is 17.7 Å². The summed E-state index contributed by atoms with van der Waals surface area (Å²) < 4.78 is 0. The second kappa shape index (κ2) is 8.07. The van der Waals surface area contributed by atoms with E-state index in [1.54, 1.807) is 6.92 Å². The Hall–Kier alpha value is -1.15. The van der Waals surface area contributed by atoms with Gasteiger partial charge in [-0.15, -0.1) is 11.8 Å². The number of halogens is 1. The van der Waals surface area contributed by atoms with Gasteiger partial charge in [0.25, 0.3) is 0 Å². The number of benzene rings is 1. The van der Waals surface area contributed by atoms with Gasteiger partial charge in [-0.05, 0) is 31.2 Å². The van der Waals surface area contributed by atoms with Gasteiger partial charge in [0.2, 0.25) is 5.91 Å². The predicted molar refractivity (Wildman–Crippen MR) is 110 cm³/mol. The van der Waals surface area contributed by atoms with Crippen molar-refractivity contribution in [3.8, 4) is 0 Å². The second-order valence-corrected chi connectivity index (χ2v) is 10.6. The third kappa shape index (κ3) is 3.75. The molecule has 0 aromatic heterocycles. The van der Waals surface area contributed by atoms with Crippen molar-refractivity contribution >= 4 is 46.1 Å². The molecule has 1 aromatic rings. The molecule has 3 rings (SSSR count). The van der Waals surface area contributed by atoms with Crippen LogP contribution in [-0.2, 0) is 20.5 Å². The molecule has 1 amide bonds. The van der Waals surface area contributed by atoms with Crippen molar-refractivity contribution in [2.75, 3.05) is 17.8 Å². The number of nitrogens with zero attached hydrogens (tertiary/aromatic N) is 1. The van der Waals surface area contributed by atoms with E-state index in [-0.39, 0.29) is 34.5 Å². The van der Waals surface area contributed by atoms with Crippen molar-refractivity contribution in [2.45, 2.75) is 30.9 Å². The molecule has 5 nitrogen and oxygen atoms in total. The number of hydrogen-bond donors (Lipinski definition) is 2. The lowest BCUT2D eigenvalue weighted by molar-refractivity contribution is -0.163. The molecule has 5 atom stereocenters. The third-order valence-electron chi connectivity index (χ3n) is 5.17. The van der Waals surface area contributed by atoms with Gasteiger partial charge in [0.15, 0.2) is 4.90 Å². The highest BCUT2D eigenvalue weighted by Crippen LogP contribution is 2.50. The van der Waals surface area contributed by atoms with Gasteiger partial charge < -0.3 is 15.1 Å². The highest BCUT2D eigenvalue weighted by atomic mass is 35.5. The number of carboxylic acids is 1. The van der Waals surface area contributed by atoms with Crippen molar-refractivity contribution < 1.29 is 19.8 Å². The van der Waals surface area contributed by atoms with Crippen LogP contribution < -0.4 is 0 Å². The van der Waals surface area contributed by atoms with Crippen molar-refractivity contribution in [3.05, 3.63) is 39.9 Å². The quantitative estimate of drug-likeness (QED) is 0.515. The predicted octanol–water partition coefficient (Wildman–Crippen LogP) is 2.83. The summed E-state index contributed by atoms with van der Waals surface area (Å²) >= 11 is 7.46. The number of amides is 1. The maximum atomic E-state index is 12.3. The summed E-state index contributed by atoms with van der Waals surface area (Å²) in [5.41, 5.74) is 0.0990. The van der Waals surface area contributed by atoms with Gasteiger partial charge in [-0.2, -0.15) is 0 Å². The number of rotatable bonds is 7. The molecule has 0 saturated carbocycles. The van der Waals surface area contributed by atoms with E-state index in [4.69, 9.17) is 11.6 Å². The molecular formula is C19H23ClNO4S2+. The number of β-lactam (4-membered cyclic amide) rings is 1. The molecule has 146 valence electrons. The Labute approximate surface area is 171 Å². The normalized spacial score (nSPS) is 26.6. The van der Waals surface area contributed by atoms with Gasteiger partial charge >= 0.3 is 5.97 Å². The van der Waals surface area contributed by atoms with Gasteiger partial charge in [0, 0.05) is 32.5 Å². The molecule has 1 fully saturated rings. The lowest BCUT2D eigenvalue weighted by Crippen LogP contribution is -2.63. The summed E-state index contributed by atoms with van der Waals surface area (Å²) in [4.78, 5) is 27.5. The molecular weight excluding hydrogens is 406 g/mol. The van der Waals surface area contributed by atoms with E-state index in [0.717, 1.165) is 16.4 Å². The number of thioether (sulfide) groups is 1. The van der Waals surface area contributed by atoms with Crippen LogP contribution in [0.2, 0.25) is 5.02 Å². The molecule has 1 saturated heterocycles. The Bertz CT molecular complexity index is 780. The summed E-state index contributed by atoms with van der Waals surface area (Å²) in [6.07, 6.45) is 1.39. The fraction of sp³-hybridized carbons (Fsp3) is 0.474. The zero-order chi connectivity index (χ0) is 19.9. The zero-order valence-corrected chi connectivity index (χ0v) is 17.8. The van der Waals surface area contributed by atoms with E-state index in [1.165, 1.54) is 21.6 Å². The minimum atomic E-state index is -1.07. The Morgan fingerprint density at radius 2 is 2.00 bits per heavy atom. The Morgan fingerprint density at radius 1 is 1.37 bits per heavy atom. The van der Waals surface area contributed by atoms with Gasteiger partial charge in [-0.3, -0.25) is 4.79 Å². The number of aliphatic hydroxyl groups excluding tert-OH is 1. The van der Waals surface area contributed by atoms with Crippen LogP contribution in [0.25, 0.3) is 0 Å². The standard InChI is InChI=1S/C19H22ClNO4S2/c1-10-15-14(11(2)22)18(23)21(15)16(19(24)25)17(10)26-8-9-27(3)13-6-4-12(20)5-7-13/h4-7,10-11,14-15,22H,8-9H2,1-3H3/p+1/t10?,11-,14?,15?,27?/m1/s1. The van der Waals surface area contributed by atoms with Crippen LogP contribution in [0.5, 0.6) is 0 Å². The minimum Gasteiger partial charge on any atom is -0.477 e. The lowest BCUT2D eigenvalue weighted by atomic mass is 9.79. The first kappa shape index (κ1) is 20.6. The SMILES string of the molecule is CC1C(SCC[S+](C)c2ccc(Cl)cc2)=C(C(=O)O)N2C(=O)C([C@@H](C)O)C12. The summed E-state index contributed by atoms with van der Waals surface area (Å²) in [5, 5.41) is 20.2. The van der Waals surface area contributed by atoms with Crippen molar-refractivity contribution in [2.24, 2.45) is 11.8 Å². The van der Waals surface area contributed by atoms with Crippen LogP contribution in [0.4, 0.5) is 0 Å². The van der Waals surface area contributed by atoms with E-state index in [9.17, 15) is 19.8 Å². The molecule has 0 radical (unpaired) electrons. The zero-order valence-electron chi connectivity index (χ0n) is 15.4. The summed E-state index contributed by atoms with van der Waals surface area (Å²) in [6.45, 7) is 3.54. The van der Waals surface area contributed by atoms with E-state index in [0.29, 0.717) is 5.02 Å². The Kier molecular flexibility index (Phi) is 6.15. The molecule has 0 aliphatic carbocycles. The molecule has 2 aliphatic rings. The van der Waals surface area contributed by atoms with Crippen LogP contribution in [0.3, 0.4) is 0 Å². The minimum absolute atomic E-state index is 0.0319. The number of carbonyl (C=O) groups is 2. The van der Waals surface area contributed by atoms with E-state index in [1.807, 2.05) is 31.2 Å². The average molecular weight is 429 g/mol. The van der Waals surface area contributed by atoms with Crippen LogP contribution in [0.1, 0.15) is 13.8 Å². The van der Waals surface area contributed by atoms with Crippen LogP contribution in [0.15, 0.2) is 39.8 Å². The topological polar surface area (TPSA) is 77.8 Å². The number of aliphatic carboxylic acids is 1. The van der Waals surface area contributed by atoms with Crippen LogP contribution in [0, 0.1) is 11.8 Å². The van der Waals surface area contributed by atoms with E-state index < -0.39 is 18.0 Å². The molecule has 2 aliphatic heterocycles. The summed E-state index contributed by atoms with van der Waals surface area (Å²) in [5.74, 6) is -0.265. The second-order valence-electron chi connectivity index (χ2n) is 6.92. The molecule has 8 heteroatoms. The summed E-state index contributed by atoms with van der Waals surface area (Å²) in [7, 11) is 0.0319. The average Bonchev–Trinajstić information content (AvgIpc) is 2.84. The number of fused-ring (bicyclic) bond motifs is 1. The number of carbonyl (C=O) groups excluding carboxylic acids is 1. The highest BCUT2D eigenvalue weighted by molar-refractivity contribution is 8.04.